The topological polar surface area (TPSA) is 61.8 Å². The van der Waals surface area contributed by atoms with Crippen LogP contribution < -0.4 is 4.74 Å². The molecule has 0 saturated heterocycles. The van der Waals surface area contributed by atoms with E-state index in [2.05, 4.69) is 9.47 Å². The molecule has 0 radical (unpaired) electrons. The molecule has 0 aliphatic heterocycles. The molecule has 0 heterocycles. The second kappa shape index (κ2) is 9.39. The first kappa shape index (κ1) is 20.7. The van der Waals surface area contributed by atoms with Gasteiger partial charge in [-0.2, -0.15) is 0 Å². The Hall–Kier alpha value is -2.57. The van der Waals surface area contributed by atoms with Crippen LogP contribution in [0.15, 0.2) is 42.0 Å². The minimum atomic E-state index is -0.905. The molecule has 0 aliphatic rings. The molecule has 0 spiro atoms. The first-order valence-electron chi connectivity index (χ1n) is 7.61. The number of rotatable bonds is 6. The van der Waals surface area contributed by atoms with Gasteiger partial charge >= 0.3 is 11.9 Å². The molecule has 27 heavy (non-hydrogen) atoms. The summed E-state index contributed by atoms with van der Waals surface area (Å²) in [5, 5.41) is 0.373. The maximum absolute atomic E-state index is 13.8. The second-order valence-corrected chi connectivity index (χ2v) is 6.07. The molecule has 0 aromatic heterocycles. The van der Waals surface area contributed by atoms with Crippen LogP contribution in [0.2, 0.25) is 10.0 Å². The highest BCUT2D eigenvalue weighted by molar-refractivity contribution is 6.36. The number of benzene rings is 2. The van der Waals surface area contributed by atoms with Crippen molar-refractivity contribution in [2.45, 2.75) is 6.61 Å². The molecule has 0 bridgehead atoms. The standard InChI is InChI=1S/C19H15Cl2FO5/c1-25-18(23)14(19(24)26-2)8-12-7-13(20)9-15(21)17(12)27-10-11-5-3-4-6-16(11)22/h3-9H,10H2,1-2H3. The molecule has 0 fully saturated rings. The van der Waals surface area contributed by atoms with Crippen LogP contribution in [0.1, 0.15) is 11.1 Å². The molecule has 8 heteroatoms. The van der Waals surface area contributed by atoms with E-state index < -0.39 is 17.8 Å². The quantitative estimate of drug-likeness (QED) is 0.303. The molecule has 0 aliphatic carbocycles. The van der Waals surface area contributed by atoms with Gasteiger partial charge in [-0.3, -0.25) is 0 Å². The van der Waals surface area contributed by atoms with Crippen molar-refractivity contribution in [1.29, 1.82) is 0 Å². The van der Waals surface area contributed by atoms with Gasteiger partial charge < -0.3 is 14.2 Å². The van der Waals surface area contributed by atoms with Gasteiger partial charge in [0.1, 0.15) is 23.7 Å². The average Bonchev–Trinajstić information content (AvgIpc) is 2.65. The summed E-state index contributed by atoms with van der Waals surface area (Å²) < 4.78 is 28.6. The maximum Gasteiger partial charge on any atom is 0.345 e. The van der Waals surface area contributed by atoms with Crippen LogP contribution in [0.5, 0.6) is 5.75 Å². The lowest BCUT2D eigenvalue weighted by Crippen LogP contribution is -2.15. The lowest BCUT2D eigenvalue weighted by atomic mass is 10.1. The van der Waals surface area contributed by atoms with Crippen LogP contribution in [0.3, 0.4) is 0 Å². The van der Waals surface area contributed by atoms with Crippen LogP contribution in [-0.2, 0) is 25.7 Å². The van der Waals surface area contributed by atoms with Crippen molar-refractivity contribution in [2.75, 3.05) is 14.2 Å². The van der Waals surface area contributed by atoms with E-state index >= 15 is 0 Å². The van der Waals surface area contributed by atoms with E-state index in [1.807, 2.05) is 0 Å². The van der Waals surface area contributed by atoms with Gasteiger partial charge in [-0.05, 0) is 24.3 Å². The number of hydrogen-bond donors (Lipinski definition) is 0. The summed E-state index contributed by atoms with van der Waals surface area (Å²) in [7, 11) is 2.25. The molecule has 0 saturated carbocycles. The monoisotopic (exact) mass is 412 g/mol. The summed E-state index contributed by atoms with van der Waals surface area (Å²) in [5.41, 5.74) is 0.156. The molecule has 142 valence electrons. The molecular formula is C19H15Cl2FO5. The highest BCUT2D eigenvalue weighted by Crippen LogP contribution is 2.35. The number of carbonyl (C=O) groups is 2. The molecular weight excluding hydrogens is 398 g/mol. The van der Waals surface area contributed by atoms with Crippen LogP contribution in [0, 0.1) is 5.82 Å². The van der Waals surface area contributed by atoms with E-state index in [0.29, 0.717) is 5.56 Å². The van der Waals surface area contributed by atoms with Gasteiger partial charge in [0.25, 0.3) is 0 Å². The van der Waals surface area contributed by atoms with Gasteiger partial charge in [-0.15, -0.1) is 0 Å². The Morgan fingerprint density at radius 3 is 2.30 bits per heavy atom. The summed E-state index contributed by atoms with van der Waals surface area (Å²) in [5.74, 6) is -2.13. The number of carbonyl (C=O) groups excluding carboxylic acids is 2. The van der Waals surface area contributed by atoms with Crippen LogP contribution in [0.4, 0.5) is 4.39 Å². The van der Waals surface area contributed by atoms with Crippen LogP contribution in [0.25, 0.3) is 6.08 Å². The number of halogens is 3. The Morgan fingerprint density at radius 2 is 1.70 bits per heavy atom. The Morgan fingerprint density at radius 1 is 1.07 bits per heavy atom. The van der Waals surface area contributed by atoms with Crippen LogP contribution in [-0.4, -0.2) is 26.2 Å². The third-order valence-corrected chi connectivity index (χ3v) is 3.98. The van der Waals surface area contributed by atoms with Gasteiger partial charge in [0, 0.05) is 16.1 Å². The number of ether oxygens (including phenoxy) is 3. The largest absolute Gasteiger partial charge is 0.487 e. The molecule has 2 rings (SSSR count). The summed E-state index contributed by atoms with van der Waals surface area (Å²) in [6.45, 7) is -0.124. The Balaban J connectivity index is 2.46. The van der Waals surface area contributed by atoms with Crippen LogP contribution >= 0.6 is 23.2 Å². The molecule has 0 unspecified atom stereocenters. The lowest BCUT2D eigenvalue weighted by Gasteiger charge is -2.13. The van der Waals surface area contributed by atoms with E-state index in [1.165, 1.54) is 24.3 Å². The lowest BCUT2D eigenvalue weighted by molar-refractivity contribution is -0.143. The molecule has 0 atom stereocenters. The van der Waals surface area contributed by atoms with E-state index in [9.17, 15) is 14.0 Å². The predicted molar refractivity (Wildman–Crippen MR) is 99.2 cm³/mol. The third kappa shape index (κ3) is 5.21. The fourth-order valence-corrected chi connectivity index (χ4v) is 2.75. The zero-order valence-corrected chi connectivity index (χ0v) is 15.9. The predicted octanol–water partition coefficient (Wildman–Crippen LogP) is 4.44. The Labute approximate surface area is 165 Å². The van der Waals surface area contributed by atoms with Crippen molar-refractivity contribution in [3.8, 4) is 5.75 Å². The SMILES string of the molecule is COC(=O)C(=Cc1cc(Cl)cc(Cl)c1OCc1ccccc1F)C(=O)OC. The van der Waals surface area contributed by atoms with E-state index in [0.717, 1.165) is 14.2 Å². The van der Waals surface area contributed by atoms with Crippen molar-refractivity contribution in [2.24, 2.45) is 0 Å². The minimum Gasteiger partial charge on any atom is -0.487 e. The van der Waals surface area contributed by atoms with Gasteiger partial charge in [0.2, 0.25) is 0 Å². The smallest absolute Gasteiger partial charge is 0.345 e. The van der Waals surface area contributed by atoms with E-state index in [4.69, 9.17) is 27.9 Å². The Bertz CT molecular complexity index is 878. The minimum absolute atomic E-state index is 0.120. The Kier molecular flexibility index (Phi) is 7.21. The molecule has 2 aromatic rings. The highest BCUT2D eigenvalue weighted by atomic mass is 35.5. The molecule has 0 amide bonds. The van der Waals surface area contributed by atoms with E-state index in [-0.39, 0.29) is 33.5 Å². The van der Waals surface area contributed by atoms with E-state index in [1.54, 1.807) is 18.2 Å². The van der Waals surface area contributed by atoms with Gasteiger partial charge in [-0.1, -0.05) is 41.4 Å². The third-order valence-electron chi connectivity index (χ3n) is 3.48. The average molecular weight is 413 g/mol. The summed E-state index contributed by atoms with van der Waals surface area (Å²) in [6.07, 6.45) is 1.19. The van der Waals surface area contributed by atoms with Gasteiger partial charge in [0.15, 0.2) is 0 Å². The zero-order valence-electron chi connectivity index (χ0n) is 14.4. The van der Waals surface area contributed by atoms with Crippen molar-refractivity contribution >= 4 is 41.2 Å². The normalized spacial score (nSPS) is 10.1. The number of methoxy groups -OCH3 is 2. The summed E-state index contributed by atoms with van der Waals surface area (Å²) >= 11 is 12.2. The zero-order chi connectivity index (χ0) is 20.0. The first-order chi connectivity index (χ1) is 12.9. The van der Waals surface area contributed by atoms with Crippen molar-refractivity contribution in [3.05, 3.63) is 69.0 Å². The van der Waals surface area contributed by atoms with Crippen molar-refractivity contribution < 1.29 is 28.2 Å². The van der Waals surface area contributed by atoms with Crippen molar-refractivity contribution in [1.82, 2.24) is 0 Å². The van der Waals surface area contributed by atoms with Gasteiger partial charge in [-0.25, -0.2) is 14.0 Å². The first-order valence-corrected chi connectivity index (χ1v) is 8.36. The fourth-order valence-electron chi connectivity index (χ4n) is 2.18. The number of hydrogen-bond acceptors (Lipinski definition) is 5. The van der Waals surface area contributed by atoms with Gasteiger partial charge in [0.05, 0.1) is 19.2 Å². The molecule has 2 aromatic carbocycles. The fraction of sp³-hybridized carbons (Fsp3) is 0.158. The summed E-state index contributed by atoms with van der Waals surface area (Å²) in [4.78, 5) is 23.7. The van der Waals surface area contributed by atoms with Crippen molar-refractivity contribution in [3.63, 3.8) is 0 Å². The maximum atomic E-state index is 13.8. The summed E-state index contributed by atoms with van der Waals surface area (Å²) in [6, 6.07) is 8.95. The second-order valence-electron chi connectivity index (χ2n) is 5.23. The number of esters is 2. The molecule has 5 nitrogen and oxygen atoms in total. The molecule has 0 N–H and O–H groups in total. The highest BCUT2D eigenvalue weighted by Gasteiger charge is 2.21.